The van der Waals surface area contributed by atoms with E-state index in [1.54, 1.807) is 12.1 Å². The fraction of sp³-hybridized carbons (Fsp3) is 0.370. The summed E-state index contributed by atoms with van der Waals surface area (Å²) in [5.41, 5.74) is 0.771. The predicted molar refractivity (Wildman–Crippen MR) is 128 cm³/mol. The summed E-state index contributed by atoms with van der Waals surface area (Å²) >= 11 is 0. The predicted octanol–water partition coefficient (Wildman–Crippen LogP) is 3.70. The first-order valence-electron chi connectivity index (χ1n) is 11.3. The van der Waals surface area contributed by atoms with E-state index in [0.29, 0.717) is 24.9 Å². The average Bonchev–Trinajstić information content (AvgIpc) is 3.20. The van der Waals surface area contributed by atoms with E-state index in [1.807, 2.05) is 81.1 Å². The van der Waals surface area contributed by atoms with Crippen LogP contribution >= 0.6 is 0 Å². The summed E-state index contributed by atoms with van der Waals surface area (Å²) in [6.45, 7) is 2.62. The topological polar surface area (TPSA) is 76.7 Å². The third-order valence-corrected chi connectivity index (χ3v) is 5.94. The Morgan fingerprint density at radius 1 is 1.18 bits per heavy atom. The van der Waals surface area contributed by atoms with Gasteiger partial charge in [-0.05, 0) is 25.7 Å². The zero-order valence-corrected chi connectivity index (χ0v) is 19.2. The summed E-state index contributed by atoms with van der Waals surface area (Å²) in [7, 11) is 1.84. The molecule has 6 nitrogen and oxygen atoms in total. The van der Waals surface area contributed by atoms with E-state index in [9.17, 15) is 9.59 Å². The lowest BCUT2D eigenvalue weighted by atomic mass is 9.86. The van der Waals surface area contributed by atoms with Crippen LogP contribution in [0.25, 0.3) is 0 Å². The van der Waals surface area contributed by atoms with E-state index in [2.05, 4.69) is 17.1 Å². The molecule has 0 amide bonds. The van der Waals surface area contributed by atoms with E-state index in [1.165, 1.54) is 0 Å². The van der Waals surface area contributed by atoms with Gasteiger partial charge in [-0.3, -0.25) is 11.1 Å². The van der Waals surface area contributed by atoms with Crippen molar-refractivity contribution in [3.05, 3.63) is 90.5 Å². The summed E-state index contributed by atoms with van der Waals surface area (Å²) in [6.07, 6.45) is 8.35. The number of hydrogen-bond donors (Lipinski definition) is 2. The van der Waals surface area contributed by atoms with Crippen LogP contribution in [-0.4, -0.2) is 44.1 Å². The second kappa shape index (κ2) is 12.3. The Morgan fingerprint density at radius 2 is 1.88 bits per heavy atom. The minimum Gasteiger partial charge on any atom is -0.542 e. The average molecular weight is 449 g/mol. The molecule has 0 spiro atoms. The van der Waals surface area contributed by atoms with Crippen molar-refractivity contribution >= 4 is 12.1 Å². The van der Waals surface area contributed by atoms with Crippen molar-refractivity contribution in [3.63, 3.8) is 0 Å². The molecule has 0 bridgehead atoms. The number of Topliss-reactive ketones (excluding diaryl/α,β-unsaturated/α-hetero) is 1. The van der Waals surface area contributed by atoms with Crippen molar-refractivity contribution in [2.24, 2.45) is 0 Å². The maximum Gasteiger partial charge on any atom is 0.223 e. The van der Waals surface area contributed by atoms with Crippen molar-refractivity contribution in [2.75, 3.05) is 13.6 Å². The van der Waals surface area contributed by atoms with E-state index < -0.39 is 11.9 Å². The number of carbonyl (C=O) groups is 1. The molecule has 174 valence electrons. The van der Waals surface area contributed by atoms with Crippen molar-refractivity contribution < 1.29 is 19.1 Å². The normalized spacial score (nSPS) is 23.3. The molecule has 2 aromatic carbocycles. The van der Waals surface area contributed by atoms with Crippen LogP contribution in [0.3, 0.4) is 0 Å². The molecule has 2 N–H and O–H groups in total. The SMILES string of the molecule is CNC(C[C-]=O)C[CH+]CN/C=C\CC1(c2ccccc2)OC(C(=O)c2ccccc2)OC1C. The van der Waals surface area contributed by atoms with Crippen LogP contribution in [0.2, 0.25) is 0 Å². The molecule has 0 aliphatic carbocycles. The Kier molecular flexibility index (Phi) is 9.24. The van der Waals surface area contributed by atoms with Gasteiger partial charge in [-0.15, -0.1) is 6.42 Å². The van der Waals surface area contributed by atoms with Crippen molar-refractivity contribution in [3.8, 4) is 0 Å². The maximum atomic E-state index is 13.0. The lowest BCUT2D eigenvalue weighted by Gasteiger charge is -2.30. The van der Waals surface area contributed by atoms with Gasteiger partial charge < -0.3 is 24.9 Å². The van der Waals surface area contributed by atoms with E-state index >= 15 is 0 Å². The van der Waals surface area contributed by atoms with E-state index in [-0.39, 0.29) is 17.9 Å². The van der Waals surface area contributed by atoms with Crippen LogP contribution in [0.5, 0.6) is 0 Å². The third-order valence-electron chi connectivity index (χ3n) is 5.94. The molecule has 6 heteroatoms. The molecule has 0 aromatic heterocycles. The number of ether oxygens (including phenoxy) is 2. The second-order valence-corrected chi connectivity index (χ2v) is 8.09. The summed E-state index contributed by atoms with van der Waals surface area (Å²) in [6, 6.07) is 19.1. The third kappa shape index (κ3) is 6.32. The van der Waals surface area contributed by atoms with Gasteiger partial charge in [0.2, 0.25) is 12.1 Å². The van der Waals surface area contributed by atoms with Crippen molar-refractivity contribution in [2.45, 2.75) is 50.2 Å². The fourth-order valence-corrected chi connectivity index (χ4v) is 3.98. The molecule has 0 saturated carbocycles. The highest BCUT2D eigenvalue weighted by atomic mass is 16.7. The highest BCUT2D eigenvalue weighted by molar-refractivity contribution is 5.98. The number of benzene rings is 2. The minimum absolute atomic E-state index is 0.110. The van der Waals surface area contributed by atoms with Crippen LogP contribution in [-0.2, 0) is 19.9 Å². The number of carbonyl (C=O) groups excluding carboxylic acids is 2. The molecule has 4 unspecified atom stereocenters. The largest absolute Gasteiger partial charge is 0.542 e. The van der Waals surface area contributed by atoms with Crippen LogP contribution in [0.4, 0.5) is 0 Å². The second-order valence-electron chi connectivity index (χ2n) is 8.09. The zero-order valence-electron chi connectivity index (χ0n) is 19.2. The van der Waals surface area contributed by atoms with Gasteiger partial charge in [0.05, 0.1) is 12.5 Å². The van der Waals surface area contributed by atoms with Gasteiger partial charge in [-0.25, -0.2) is 0 Å². The van der Waals surface area contributed by atoms with E-state index in [0.717, 1.165) is 12.0 Å². The van der Waals surface area contributed by atoms with Gasteiger partial charge in [-0.1, -0.05) is 66.7 Å². The summed E-state index contributed by atoms with van der Waals surface area (Å²) in [4.78, 5) is 23.5. The van der Waals surface area contributed by atoms with E-state index in [4.69, 9.17) is 9.47 Å². The zero-order chi connectivity index (χ0) is 23.5. The molecular formula is C27H32N2O4. The standard InChI is InChI=1S/C27H32N2O4/c1-21-27(23-13-7-4-8-14-23,17-10-19-29-18-9-15-24(28-2)16-20-30)33-26(32-21)25(31)22-11-5-3-6-12-22/h3-14,19,21,24,26,28-29H,15-18H2,1-2H3/b19-10-. The van der Waals surface area contributed by atoms with Gasteiger partial charge in [-0.2, -0.15) is 0 Å². The fourth-order valence-electron chi connectivity index (χ4n) is 3.98. The number of nitrogens with one attached hydrogen (secondary N) is 2. The number of ketones is 1. The maximum absolute atomic E-state index is 13.0. The van der Waals surface area contributed by atoms with Crippen LogP contribution < -0.4 is 10.6 Å². The molecule has 2 aromatic rings. The van der Waals surface area contributed by atoms with Crippen LogP contribution in [0, 0.1) is 6.42 Å². The number of hydrogen-bond acceptors (Lipinski definition) is 6. The smallest absolute Gasteiger partial charge is 0.223 e. The molecule has 1 aliphatic rings. The number of rotatable bonds is 13. The molecule has 0 radical (unpaired) electrons. The first-order valence-corrected chi connectivity index (χ1v) is 11.3. The summed E-state index contributed by atoms with van der Waals surface area (Å²) in [5, 5.41) is 6.35. The highest BCUT2D eigenvalue weighted by Crippen LogP contribution is 2.42. The molecule has 3 rings (SSSR count). The Hall–Kier alpha value is -2.93. The van der Waals surface area contributed by atoms with Crippen LogP contribution in [0.1, 0.15) is 42.1 Å². The highest BCUT2D eigenvalue weighted by Gasteiger charge is 2.50. The summed E-state index contributed by atoms with van der Waals surface area (Å²) in [5.74, 6) is -0.177. The quantitative estimate of drug-likeness (QED) is 0.276. The lowest BCUT2D eigenvalue weighted by Crippen LogP contribution is -2.35. The van der Waals surface area contributed by atoms with Gasteiger partial charge in [0.25, 0.3) is 0 Å². The Morgan fingerprint density at radius 3 is 2.55 bits per heavy atom. The molecule has 1 aliphatic heterocycles. The summed E-state index contributed by atoms with van der Waals surface area (Å²) < 4.78 is 12.4. The van der Waals surface area contributed by atoms with Crippen molar-refractivity contribution in [1.82, 2.24) is 10.6 Å². The minimum atomic E-state index is -0.953. The van der Waals surface area contributed by atoms with Gasteiger partial charge in [0.15, 0.2) is 6.54 Å². The Balaban J connectivity index is 1.64. The van der Waals surface area contributed by atoms with Gasteiger partial charge in [0, 0.05) is 18.0 Å². The molecule has 4 atom stereocenters. The van der Waals surface area contributed by atoms with Gasteiger partial charge >= 0.3 is 0 Å². The molecule has 1 fully saturated rings. The first kappa shape index (κ1) is 24.7. The molecular weight excluding hydrogens is 416 g/mol. The Labute approximate surface area is 196 Å². The molecule has 1 heterocycles. The molecule has 33 heavy (non-hydrogen) atoms. The molecule has 1 saturated heterocycles. The first-order chi connectivity index (χ1) is 16.1. The lowest BCUT2D eigenvalue weighted by molar-refractivity contribution is -0.0677. The van der Waals surface area contributed by atoms with Gasteiger partial charge in [0.1, 0.15) is 12.0 Å². The monoisotopic (exact) mass is 448 g/mol. The Bertz CT molecular complexity index is 903. The van der Waals surface area contributed by atoms with Crippen molar-refractivity contribution in [1.29, 1.82) is 0 Å². The van der Waals surface area contributed by atoms with Crippen LogP contribution in [0.15, 0.2) is 72.9 Å².